The number of halogens is 1. The van der Waals surface area contributed by atoms with Gasteiger partial charge in [-0.2, -0.15) is 0 Å². The molecule has 0 aliphatic rings. The van der Waals surface area contributed by atoms with E-state index in [0.717, 1.165) is 27.3 Å². The van der Waals surface area contributed by atoms with Gasteiger partial charge in [-0.05, 0) is 56.4 Å². The Bertz CT molecular complexity index is 1220. The van der Waals surface area contributed by atoms with E-state index >= 15 is 0 Å². The Balaban J connectivity index is 2.34. The van der Waals surface area contributed by atoms with Crippen LogP contribution in [-0.2, 0) is 0 Å². The molecule has 4 aromatic rings. The molecule has 0 heterocycles. The fourth-order valence-corrected chi connectivity index (χ4v) is 4.35. The lowest BCUT2D eigenvalue weighted by Gasteiger charge is -2.11. The molecule has 3 nitrogen and oxygen atoms in total. The minimum atomic E-state index is 0.0270. The number of ether oxygens (including phenoxy) is 2. The first-order valence-corrected chi connectivity index (χ1v) is 9.59. The molecule has 4 aromatic carbocycles. The summed E-state index contributed by atoms with van der Waals surface area (Å²) in [5, 5.41) is 3.52. The SMILES string of the molecule is COc1cc2c(-c3ccccc3)c(I)c(=O)c3ccccc3c2cc1OC. The van der Waals surface area contributed by atoms with Gasteiger partial charge in [-0.3, -0.25) is 4.79 Å². The molecule has 0 atom stereocenters. The third-order valence-corrected chi connectivity index (χ3v) is 5.77. The highest BCUT2D eigenvalue weighted by atomic mass is 127. The molecular formula is C23H17IO3. The Morgan fingerprint density at radius 2 is 1.26 bits per heavy atom. The van der Waals surface area contributed by atoms with Gasteiger partial charge in [-0.1, -0.05) is 54.6 Å². The molecule has 0 aliphatic heterocycles. The van der Waals surface area contributed by atoms with E-state index in [1.54, 1.807) is 14.2 Å². The molecule has 0 unspecified atom stereocenters. The van der Waals surface area contributed by atoms with Gasteiger partial charge in [0.25, 0.3) is 0 Å². The number of benzene rings is 3. The second kappa shape index (κ2) is 7.19. The van der Waals surface area contributed by atoms with Crippen molar-refractivity contribution in [2.75, 3.05) is 14.2 Å². The van der Waals surface area contributed by atoms with Gasteiger partial charge >= 0.3 is 0 Å². The van der Waals surface area contributed by atoms with E-state index in [1.807, 2.05) is 66.7 Å². The van der Waals surface area contributed by atoms with E-state index in [-0.39, 0.29) is 5.43 Å². The molecule has 0 aliphatic carbocycles. The lowest BCUT2D eigenvalue weighted by Crippen LogP contribution is -2.03. The lowest BCUT2D eigenvalue weighted by atomic mass is 9.99. The van der Waals surface area contributed by atoms with Gasteiger partial charge in [-0.25, -0.2) is 0 Å². The number of hydrogen-bond donors (Lipinski definition) is 0. The van der Waals surface area contributed by atoms with Crippen molar-refractivity contribution in [3.63, 3.8) is 0 Å². The van der Waals surface area contributed by atoms with Crippen molar-refractivity contribution in [1.29, 1.82) is 0 Å². The summed E-state index contributed by atoms with van der Waals surface area (Å²) in [6.45, 7) is 0. The van der Waals surface area contributed by atoms with Crippen LogP contribution >= 0.6 is 22.6 Å². The van der Waals surface area contributed by atoms with Crippen LogP contribution in [0.25, 0.3) is 32.7 Å². The first-order chi connectivity index (χ1) is 13.2. The molecule has 0 amide bonds. The largest absolute Gasteiger partial charge is 0.493 e. The van der Waals surface area contributed by atoms with Crippen LogP contribution in [0.5, 0.6) is 11.5 Å². The maximum Gasteiger partial charge on any atom is 0.200 e. The second-order valence-electron chi connectivity index (χ2n) is 6.18. The summed E-state index contributed by atoms with van der Waals surface area (Å²) in [5.74, 6) is 1.28. The topological polar surface area (TPSA) is 35.5 Å². The Hall–Kier alpha value is -2.60. The van der Waals surface area contributed by atoms with Crippen LogP contribution in [0.3, 0.4) is 0 Å². The molecule has 0 radical (unpaired) electrons. The first-order valence-electron chi connectivity index (χ1n) is 8.51. The monoisotopic (exact) mass is 468 g/mol. The van der Waals surface area contributed by atoms with Crippen molar-refractivity contribution in [1.82, 2.24) is 0 Å². The summed E-state index contributed by atoms with van der Waals surface area (Å²) in [5.41, 5.74) is 1.93. The normalized spacial score (nSPS) is 10.9. The van der Waals surface area contributed by atoms with Crippen LogP contribution in [0.15, 0.2) is 71.5 Å². The van der Waals surface area contributed by atoms with Crippen LogP contribution in [0.4, 0.5) is 0 Å². The van der Waals surface area contributed by atoms with Gasteiger partial charge in [0.05, 0.1) is 17.8 Å². The summed E-state index contributed by atoms with van der Waals surface area (Å²) >= 11 is 2.17. The summed E-state index contributed by atoms with van der Waals surface area (Å²) in [7, 11) is 3.24. The van der Waals surface area contributed by atoms with Crippen molar-refractivity contribution >= 4 is 44.1 Å². The molecule has 4 rings (SSSR count). The van der Waals surface area contributed by atoms with Gasteiger partial charge < -0.3 is 9.47 Å². The summed E-state index contributed by atoms with van der Waals surface area (Å²) in [4.78, 5) is 13.3. The van der Waals surface area contributed by atoms with Crippen molar-refractivity contribution in [2.24, 2.45) is 0 Å². The molecule has 134 valence electrons. The minimum absolute atomic E-state index is 0.0270. The van der Waals surface area contributed by atoms with Crippen LogP contribution in [0, 0.1) is 3.57 Å². The second-order valence-corrected chi connectivity index (χ2v) is 7.26. The number of rotatable bonds is 3. The van der Waals surface area contributed by atoms with E-state index in [1.165, 1.54) is 0 Å². The van der Waals surface area contributed by atoms with Crippen molar-refractivity contribution in [2.45, 2.75) is 0 Å². The molecule has 0 N–H and O–H groups in total. The van der Waals surface area contributed by atoms with Crippen LogP contribution < -0.4 is 14.9 Å². The molecular weight excluding hydrogens is 451 g/mol. The quantitative estimate of drug-likeness (QED) is 0.365. The van der Waals surface area contributed by atoms with Gasteiger partial charge in [-0.15, -0.1) is 0 Å². The van der Waals surface area contributed by atoms with Crippen LogP contribution in [-0.4, -0.2) is 14.2 Å². The Labute approximate surface area is 170 Å². The smallest absolute Gasteiger partial charge is 0.200 e. The Morgan fingerprint density at radius 1 is 0.704 bits per heavy atom. The fourth-order valence-electron chi connectivity index (χ4n) is 3.46. The average molecular weight is 468 g/mol. The summed E-state index contributed by atoms with van der Waals surface area (Å²) in [6, 6.07) is 21.6. The Kier molecular flexibility index (Phi) is 4.74. The van der Waals surface area contributed by atoms with Gasteiger partial charge in [0.15, 0.2) is 16.9 Å². The molecule has 4 heteroatoms. The lowest BCUT2D eigenvalue weighted by molar-refractivity contribution is 0.356. The minimum Gasteiger partial charge on any atom is -0.493 e. The highest BCUT2D eigenvalue weighted by Gasteiger charge is 2.17. The zero-order valence-electron chi connectivity index (χ0n) is 15.0. The highest BCUT2D eigenvalue weighted by molar-refractivity contribution is 14.1. The molecule has 0 fully saturated rings. The first kappa shape index (κ1) is 17.8. The van der Waals surface area contributed by atoms with Crippen molar-refractivity contribution in [3.05, 3.63) is 80.5 Å². The number of fused-ring (bicyclic) bond motifs is 3. The van der Waals surface area contributed by atoms with E-state index in [0.29, 0.717) is 20.5 Å². The van der Waals surface area contributed by atoms with Gasteiger partial charge in [0.1, 0.15) is 0 Å². The van der Waals surface area contributed by atoms with E-state index in [4.69, 9.17) is 9.47 Å². The maximum absolute atomic E-state index is 13.3. The van der Waals surface area contributed by atoms with E-state index in [2.05, 4.69) is 22.6 Å². The predicted octanol–water partition coefficient (Wildman–Crippen LogP) is 5.64. The number of methoxy groups -OCH3 is 2. The molecule has 0 saturated heterocycles. The van der Waals surface area contributed by atoms with Gasteiger partial charge in [0.2, 0.25) is 0 Å². The molecule has 0 bridgehead atoms. The Morgan fingerprint density at radius 3 is 1.89 bits per heavy atom. The molecule has 0 aromatic heterocycles. The third kappa shape index (κ3) is 2.94. The molecule has 0 spiro atoms. The van der Waals surface area contributed by atoms with E-state index in [9.17, 15) is 4.79 Å². The van der Waals surface area contributed by atoms with Crippen LogP contribution in [0.1, 0.15) is 0 Å². The van der Waals surface area contributed by atoms with Crippen molar-refractivity contribution in [3.8, 4) is 22.6 Å². The number of hydrogen-bond acceptors (Lipinski definition) is 3. The maximum atomic E-state index is 13.3. The van der Waals surface area contributed by atoms with Gasteiger partial charge in [0, 0.05) is 10.9 Å². The van der Waals surface area contributed by atoms with E-state index < -0.39 is 0 Å². The predicted molar refractivity (Wildman–Crippen MR) is 119 cm³/mol. The average Bonchev–Trinajstić information content (AvgIpc) is 2.81. The third-order valence-electron chi connectivity index (χ3n) is 4.74. The summed E-state index contributed by atoms with van der Waals surface area (Å²) in [6.07, 6.45) is 0. The zero-order chi connectivity index (χ0) is 19.0. The fraction of sp³-hybridized carbons (Fsp3) is 0.0870. The standard InChI is InChI=1S/C23H17IO3/c1-26-19-12-17-15-10-6-7-11-16(15)23(25)22(24)21(14-8-4-3-5-9-14)18(17)13-20(19)27-2/h3-13H,1-2H3. The highest BCUT2D eigenvalue weighted by Crippen LogP contribution is 2.40. The summed E-state index contributed by atoms with van der Waals surface area (Å²) < 4.78 is 11.8. The molecule has 27 heavy (non-hydrogen) atoms. The zero-order valence-corrected chi connectivity index (χ0v) is 17.1. The van der Waals surface area contributed by atoms with Crippen LogP contribution in [0.2, 0.25) is 0 Å². The van der Waals surface area contributed by atoms with Crippen molar-refractivity contribution < 1.29 is 9.47 Å². The molecule has 0 saturated carbocycles.